The van der Waals surface area contributed by atoms with Gasteiger partial charge in [0.15, 0.2) is 11.6 Å². The maximum Gasteiger partial charge on any atom is 0.159 e. The molecular weight excluding hydrogens is 276 g/mol. The Balaban J connectivity index is 0. The maximum absolute atomic E-state index is 10.6. The van der Waals surface area contributed by atoms with Gasteiger partial charge in [0.1, 0.15) is 0 Å². The first-order valence-electron chi connectivity index (χ1n) is 6.73. The van der Waals surface area contributed by atoms with Gasteiger partial charge >= 0.3 is 0 Å². The molecule has 0 bridgehead atoms. The molecule has 22 heavy (non-hydrogen) atoms. The van der Waals surface area contributed by atoms with Crippen molar-refractivity contribution in [3.8, 4) is 0 Å². The van der Waals surface area contributed by atoms with E-state index in [2.05, 4.69) is 5.32 Å². The van der Waals surface area contributed by atoms with Crippen molar-refractivity contribution < 1.29 is 9.59 Å². The van der Waals surface area contributed by atoms with Crippen molar-refractivity contribution in [2.24, 2.45) is 0 Å². The third-order valence-electron chi connectivity index (χ3n) is 2.36. The van der Waals surface area contributed by atoms with Crippen LogP contribution in [0.4, 0.5) is 0 Å². The van der Waals surface area contributed by atoms with Crippen LogP contribution in [0.1, 0.15) is 34.6 Å². The lowest BCUT2D eigenvalue weighted by Crippen LogP contribution is -1.89. The monoisotopic (exact) mass is 302 g/mol. The molecule has 0 spiro atoms. The van der Waals surface area contributed by atoms with E-state index in [9.17, 15) is 9.59 Å². The first kappa shape index (κ1) is 22.0. The van der Waals surface area contributed by atoms with Crippen LogP contribution in [0.25, 0.3) is 0 Å². The first-order chi connectivity index (χ1) is 10.0. The Morgan fingerprint density at radius 1 is 0.682 bits per heavy atom. The van der Waals surface area contributed by atoms with E-state index >= 15 is 0 Å². The topological polar surface area (TPSA) is 81.2 Å². The molecular formula is C18H26N2O2. The second-order valence-corrected chi connectivity index (χ2v) is 4.34. The smallest absolute Gasteiger partial charge is 0.159 e. The highest BCUT2D eigenvalue weighted by atomic mass is 16.1. The van der Waals surface area contributed by atoms with Crippen LogP contribution in [0.3, 0.4) is 0 Å². The number of ketones is 2. The Bertz CT molecular complexity index is 476. The number of hydrogen-bond donors (Lipinski definition) is 2. The number of benzene rings is 2. The van der Waals surface area contributed by atoms with Crippen molar-refractivity contribution >= 4 is 11.6 Å². The van der Waals surface area contributed by atoms with Crippen LogP contribution < -0.4 is 11.5 Å². The van der Waals surface area contributed by atoms with Crippen LogP contribution in [0.5, 0.6) is 0 Å². The van der Waals surface area contributed by atoms with Crippen LogP contribution in [0, 0.1) is 0 Å². The average Bonchev–Trinajstić information content (AvgIpc) is 2.50. The van der Waals surface area contributed by atoms with E-state index in [4.69, 9.17) is 0 Å². The molecule has 4 N–H and O–H groups in total. The van der Waals surface area contributed by atoms with E-state index in [1.54, 1.807) is 13.8 Å². The molecule has 0 heterocycles. The summed E-state index contributed by atoms with van der Waals surface area (Å²) in [5.41, 5.74) is 1.55. The molecule has 0 radical (unpaired) electrons. The van der Waals surface area contributed by atoms with E-state index in [0.29, 0.717) is 0 Å². The second kappa shape index (κ2) is 13.7. The minimum atomic E-state index is 0. The Hall–Kier alpha value is -2.30. The van der Waals surface area contributed by atoms with Crippen molar-refractivity contribution in [2.75, 3.05) is 14.1 Å². The molecule has 0 aliphatic carbocycles. The van der Waals surface area contributed by atoms with Crippen LogP contribution in [0.15, 0.2) is 60.7 Å². The van der Waals surface area contributed by atoms with Gasteiger partial charge in [-0.25, -0.2) is 0 Å². The van der Waals surface area contributed by atoms with E-state index in [1.807, 2.05) is 74.8 Å². The van der Waals surface area contributed by atoms with Crippen molar-refractivity contribution in [3.05, 3.63) is 71.8 Å². The molecule has 0 atom stereocenters. The Morgan fingerprint density at radius 2 is 0.909 bits per heavy atom. The maximum atomic E-state index is 10.6. The highest BCUT2D eigenvalue weighted by Crippen LogP contribution is 1.98. The molecule has 0 aromatic heterocycles. The van der Waals surface area contributed by atoms with Gasteiger partial charge in [-0.15, -0.1) is 0 Å². The number of Topliss-reactive ketones (excluding diaryl/α,β-unsaturated/α-hetero) is 2. The van der Waals surface area contributed by atoms with Gasteiger partial charge in [-0.1, -0.05) is 60.7 Å². The molecule has 0 aliphatic rings. The number of carbonyl (C=O) groups is 2. The summed E-state index contributed by atoms with van der Waals surface area (Å²) < 4.78 is 0. The Labute approximate surface area is 133 Å². The fourth-order valence-electron chi connectivity index (χ4n) is 1.35. The fourth-order valence-corrected chi connectivity index (χ4v) is 1.35. The van der Waals surface area contributed by atoms with Crippen molar-refractivity contribution in [3.63, 3.8) is 0 Å². The predicted molar refractivity (Wildman–Crippen MR) is 92.9 cm³/mol. The molecule has 0 fully saturated rings. The van der Waals surface area contributed by atoms with E-state index in [-0.39, 0.29) is 17.7 Å². The predicted octanol–water partition coefficient (Wildman–Crippen LogP) is 3.78. The first-order valence-corrected chi connectivity index (χ1v) is 6.73. The van der Waals surface area contributed by atoms with Gasteiger partial charge in [-0.3, -0.25) is 9.59 Å². The standard InChI is InChI=1S/2C8H8O.C2H7N.H3N/c2*1-7(9)8-5-3-2-4-6-8;1-3-2;/h2*2-6H,1H3;3H,1-2H3;1H3. The van der Waals surface area contributed by atoms with Gasteiger partial charge in [0.25, 0.3) is 0 Å². The summed E-state index contributed by atoms with van der Waals surface area (Å²) in [7, 11) is 3.75. The van der Waals surface area contributed by atoms with Crippen LogP contribution >= 0.6 is 0 Å². The summed E-state index contributed by atoms with van der Waals surface area (Å²) in [6, 6.07) is 18.5. The fraction of sp³-hybridized carbons (Fsp3) is 0.222. The van der Waals surface area contributed by atoms with Gasteiger partial charge in [0, 0.05) is 11.1 Å². The van der Waals surface area contributed by atoms with Gasteiger partial charge < -0.3 is 11.5 Å². The van der Waals surface area contributed by atoms with Crippen molar-refractivity contribution in [2.45, 2.75) is 13.8 Å². The van der Waals surface area contributed by atoms with E-state index in [0.717, 1.165) is 11.1 Å². The number of carbonyl (C=O) groups excluding carboxylic acids is 2. The molecule has 0 saturated heterocycles. The number of rotatable bonds is 2. The van der Waals surface area contributed by atoms with E-state index < -0.39 is 0 Å². The minimum absolute atomic E-state index is 0. The molecule has 120 valence electrons. The van der Waals surface area contributed by atoms with Crippen molar-refractivity contribution in [1.82, 2.24) is 11.5 Å². The molecule has 2 rings (SSSR count). The van der Waals surface area contributed by atoms with E-state index in [1.165, 1.54) is 0 Å². The highest BCUT2D eigenvalue weighted by molar-refractivity contribution is 5.94. The minimum Gasteiger partial charge on any atom is -0.344 e. The van der Waals surface area contributed by atoms with Crippen LogP contribution in [-0.4, -0.2) is 25.7 Å². The summed E-state index contributed by atoms with van der Waals surface area (Å²) in [6.07, 6.45) is 0. The number of hydrogen-bond acceptors (Lipinski definition) is 4. The summed E-state index contributed by atoms with van der Waals surface area (Å²) in [4.78, 5) is 21.3. The lowest BCUT2D eigenvalue weighted by atomic mass is 10.2. The van der Waals surface area contributed by atoms with Crippen LogP contribution in [-0.2, 0) is 0 Å². The van der Waals surface area contributed by atoms with Gasteiger partial charge in [0.2, 0.25) is 0 Å². The zero-order chi connectivity index (χ0) is 16.1. The average molecular weight is 302 g/mol. The Morgan fingerprint density at radius 3 is 1.05 bits per heavy atom. The molecule has 2 aromatic carbocycles. The molecule has 4 nitrogen and oxygen atoms in total. The van der Waals surface area contributed by atoms with Crippen LogP contribution in [0.2, 0.25) is 0 Å². The SMILES string of the molecule is CC(=O)c1ccccc1.CC(=O)c1ccccc1.CNC.N. The molecule has 4 heteroatoms. The normalized spacial score (nSPS) is 8.18. The Kier molecular flexibility index (Phi) is 13.7. The highest BCUT2D eigenvalue weighted by Gasteiger charge is 1.93. The lowest BCUT2D eigenvalue weighted by molar-refractivity contribution is 0.100. The molecule has 0 saturated carbocycles. The summed E-state index contributed by atoms with van der Waals surface area (Å²) >= 11 is 0. The van der Waals surface area contributed by atoms with Crippen molar-refractivity contribution in [1.29, 1.82) is 0 Å². The second-order valence-electron chi connectivity index (χ2n) is 4.34. The quantitative estimate of drug-likeness (QED) is 0.827. The lowest BCUT2D eigenvalue weighted by Gasteiger charge is -1.89. The summed E-state index contributed by atoms with van der Waals surface area (Å²) in [5, 5.41) is 2.75. The summed E-state index contributed by atoms with van der Waals surface area (Å²) in [5.74, 6) is 0.242. The van der Waals surface area contributed by atoms with Gasteiger partial charge in [0.05, 0.1) is 0 Å². The molecule has 2 aromatic rings. The van der Waals surface area contributed by atoms with Gasteiger partial charge in [-0.2, -0.15) is 0 Å². The third kappa shape index (κ3) is 10.5. The molecule has 0 unspecified atom stereocenters. The summed E-state index contributed by atoms with van der Waals surface area (Å²) in [6.45, 7) is 3.13. The molecule has 0 amide bonds. The number of nitrogens with one attached hydrogen (secondary N) is 1. The largest absolute Gasteiger partial charge is 0.344 e. The molecule has 0 aliphatic heterocycles. The van der Waals surface area contributed by atoms with Gasteiger partial charge in [-0.05, 0) is 27.9 Å². The zero-order valence-corrected chi connectivity index (χ0v) is 13.8. The zero-order valence-electron chi connectivity index (χ0n) is 13.8. The third-order valence-corrected chi connectivity index (χ3v) is 2.36.